The Morgan fingerprint density at radius 1 is 1.31 bits per heavy atom. The zero-order valence-corrected chi connectivity index (χ0v) is 18.5. The van der Waals surface area contributed by atoms with Crippen LogP contribution in [-0.2, 0) is 10.2 Å². The largest absolute Gasteiger partial charge is 0.497 e. The summed E-state index contributed by atoms with van der Waals surface area (Å²) in [4.78, 5) is 15.5. The molecule has 0 aromatic heterocycles. The third-order valence-corrected chi connectivity index (χ3v) is 7.69. The van der Waals surface area contributed by atoms with E-state index in [9.17, 15) is 9.90 Å². The summed E-state index contributed by atoms with van der Waals surface area (Å²) < 4.78 is 5.53. The van der Waals surface area contributed by atoms with Gasteiger partial charge in [0, 0.05) is 36.4 Å². The van der Waals surface area contributed by atoms with Gasteiger partial charge in [-0.25, -0.2) is 0 Å². The minimum Gasteiger partial charge on any atom is -0.497 e. The van der Waals surface area contributed by atoms with E-state index in [0.717, 1.165) is 42.3 Å². The highest BCUT2D eigenvalue weighted by Gasteiger charge is 2.62. The second-order valence-electron chi connectivity index (χ2n) is 10.3. The number of nitrogens with zero attached hydrogens (tertiary/aromatic N) is 1. The molecule has 1 aromatic rings. The van der Waals surface area contributed by atoms with Crippen molar-refractivity contribution in [2.75, 3.05) is 20.2 Å². The molecule has 5 nitrogen and oxygen atoms in total. The Bertz CT molecular complexity index is 803. The Balaban J connectivity index is 1.86. The zero-order chi connectivity index (χ0) is 21.0. The lowest BCUT2D eigenvalue weighted by atomic mass is 9.55. The first-order valence-corrected chi connectivity index (χ1v) is 11.0. The van der Waals surface area contributed by atoms with Crippen LogP contribution >= 0.6 is 0 Å². The highest BCUT2D eigenvalue weighted by atomic mass is 16.5. The minimum absolute atomic E-state index is 0.0190. The fourth-order valence-electron chi connectivity index (χ4n) is 6.01. The molecule has 1 amide bonds. The van der Waals surface area contributed by atoms with Crippen LogP contribution in [0.1, 0.15) is 64.0 Å². The number of piperidine rings is 1. The number of fused-ring (bicyclic) bond motifs is 1. The first kappa shape index (κ1) is 20.7. The summed E-state index contributed by atoms with van der Waals surface area (Å²) in [6.45, 7) is 10.3. The molecule has 29 heavy (non-hydrogen) atoms. The van der Waals surface area contributed by atoms with Crippen LogP contribution in [0.4, 0.5) is 0 Å². The molecule has 0 spiro atoms. The molecule has 4 rings (SSSR count). The van der Waals surface area contributed by atoms with Crippen LogP contribution in [-0.4, -0.2) is 53.3 Å². The van der Waals surface area contributed by atoms with Crippen molar-refractivity contribution >= 4 is 5.91 Å². The average Bonchev–Trinajstić information content (AvgIpc) is 3.45. The van der Waals surface area contributed by atoms with Crippen molar-refractivity contribution in [3.8, 4) is 5.75 Å². The van der Waals surface area contributed by atoms with E-state index in [1.807, 2.05) is 19.9 Å². The molecule has 0 radical (unpaired) electrons. The van der Waals surface area contributed by atoms with Gasteiger partial charge in [-0.05, 0) is 82.7 Å². The van der Waals surface area contributed by atoms with Gasteiger partial charge in [0.05, 0.1) is 12.7 Å². The Morgan fingerprint density at radius 3 is 2.69 bits per heavy atom. The van der Waals surface area contributed by atoms with Gasteiger partial charge in [0.25, 0.3) is 0 Å². The molecule has 2 saturated heterocycles. The Kier molecular flexibility index (Phi) is 4.98. The van der Waals surface area contributed by atoms with Crippen molar-refractivity contribution in [2.45, 2.75) is 82.4 Å². The third-order valence-electron chi connectivity index (χ3n) is 7.69. The summed E-state index contributed by atoms with van der Waals surface area (Å²) >= 11 is 0. The number of hydrogen-bond donors (Lipinski definition) is 2. The highest BCUT2D eigenvalue weighted by Crippen LogP contribution is 2.54. The van der Waals surface area contributed by atoms with Crippen LogP contribution in [0.15, 0.2) is 18.2 Å². The van der Waals surface area contributed by atoms with Crippen molar-refractivity contribution < 1.29 is 14.6 Å². The van der Waals surface area contributed by atoms with Crippen molar-refractivity contribution in [2.24, 2.45) is 5.92 Å². The van der Waals surface area contributed by atoms with Gasteiger partial charge in [0.1, 0.15) is 5.75 Å². The molecule has 3 atom stereocenters. The molecule has 2 heterocycles. The first-order chi connectivity index (χ1) is 13.6. The normalized spacial score (nSPS) is 34.8. The van der Waals surface area contributed by atoms with E-state index in [1.165, 1.54) is 12.8 Å². The van der Waals surface area contributed by atoms with E-state index in [0.29, 0.717) is 12.8 Å². The van der Waals surface area contributed by atoms with Crippen LogP contribution in [0.5, 0.6) is 5.75 Å². The van der Waals surface area contributed by atoms with Gasteiger partial charge in [-0.1, -0.05) is 6.07 Å². The van der Waals surface area contributed by atoms with E-state index in [-0.39, 0.29) is 11.9 Å². The third kappa shape index (κ3) is 3.46. The maximum Gasteiger partial charge on any atom is 0.221 e. The zero-order valence-electron chi connectivity index (χ0n) is 18.5. The smallest absolute Gasteiger partial charge is 0.221 e. The number of aryl methyl sites for hydroxylation is 1. The number of carbonyl (C=O) groups excluding carboxylic acids is 1. The lowest BCUT2D eigenvalue weighted by molar-refractivity contribution is -0.147. The molecular weight excluding hydrogens is 364 g/mol. The molecule has 1 saturated carbocycles. The molecule has 0 bridgehead atoms. The van der Waals surface area contributed by atoms with Crippen LogP contribution in [0, 0.1) is 12.8 Å². The van der Waals surface area contributed by atoms with Crippen LogP contribution in [0.3, 0.4) is 0 Å². The monoisotopic (exact) mass is 400 g/mol. The van der Waals surface area contributed by atoms with Crippen molar-refractivity contribution in [1.82, 2.24) is 10.2 Å². The number of ether oxygens (including phenoxy) is 1. The number of carbonyl (C=O) groups is 1. The number of aliphatic hydroxyl groups is 1. The topological polar surface area (TPSA) is 61.8 Å². The molecule has 2 N–H and O–H groups in total. The summed E-state index contributed by atoms with van der Waals surface area (Å²) in [5.41, 5.74) is 0.0739. The summed E-state index contributed by atoms with van der Waals surface area (Å²) in [6.07, 6.45) is 4.21. The van der Waals surface area contributed by atoms with E-state index in [4.69, 9.17) is 4.74 Å². The van der Waals surface area contributed by atoms with Crippen molar-refractivity contribution in [1.29, 1.82) is 0 Å². The van der Waals surface area contributed by atoms with Crippen LogP contribution < -0.4 is 10.1 Å². The summed E-state index contributed by atoms with van der Waals surface area (Å²) in [5.74, 6) is 1.57. The maximum atomic E-state index is 13.0. The number of benzene rings is 1. The van der Waals surface area contributed by atoms with E-state index in [2.05, 4.69) is 36.2 Å². The molecular formula is C24H36N2O3. The molecule has 1 aliphatic carbocycles. The number of methoxy groups -OCH3 is 1. The van der Waals surface area contributed by atoms with Gasteiger partial charge in [-0.3, -0.25) is 9.69 Å². The molecule has 2 aliphatic heterocycles. The Labute approximate surface area is 174 Å². The second-order valence-corrected chi connectivity index (χ2v) is 10.3. The quantitative estimate of drug-likeness (QED) is 0.815. The van der Waals surface area contributed by atoms with Gasteiger partial charge in [-0.15, -0.1) is 0 Å². The number of likely N-dealkylation sites (tertiary alicyclic amines) is 1. The first-order valence-electron chi connectivity index (χ1n) is 11.0. The van der Waals surface area contributed by atoms with Crippen LogP contribution in [0.25, 0.3) is 0 Å². The second kappa shape index (κ2) is 6.98. The van der Waals surface area contributed by atoms with Gasteiger partial charge in [0.15, 0.2) is 0 Å². The lowest BCUT2D eigenvalue weighted by Gasteiger charge is -2.58. The highest BCUT2D eigenvalue weighted by molar-refractivity contribution is 5.80. The molecule has 160 valence electrons. The van der Waals surface area contributed by atoms with Crippen molar-refractivity contribution in [3.05, 3.63) is 29.3 Å². The van der Waals surface area contributed by atoms with Gasteiger partial charge < -0.3 is 15.2 Å². The van der Waals surface area contributed by atoms with E-state index >= 15 is 0 Å². The number of nitrogens with one attached hydrogen (secondary N) is 1. The standard InChI is InChI=1S/C24H36N2O3/c1-16-6-9-19(29-5)12-20(16)23-10-11-26(14-18-7-8-18)17(2)24(23,28)15-22(3,4)25-21(27)13-23/h6,9,12,17-18,28H,7-8,10-11,13-15H2,1-5H3,(H,25,27). The lowest BCUT2D eigenvalue weighted by Crippen LogP contribution is -2.69. The van der Waals surface area contributed by atoms with Crippen LogP contribution in [0.2, 0.25) is 0 Å². The van der Waals surface area contributed by atoms with E-state index in [1.54, 1.807) is 7.11 Å². The number of rotatable bonds is 4. The van der Waals surface area contributed by atoms with Gasteiger partial charge >= 0.3 is 0 Å². The molecule has 3 aliphatic rings. The number of amides is 1. The van der Waals surface area contributed by atoms with E-state index < -0.39 is 16.6 Å². The average molecular weight is 401 g/mol. The minimum atomic E-state index is -1.01. The summed E-state index contributed by atoms with van der Waals surface area (Å²) in [6, 6.07) is 6.05. The van der Waals surface area contributed by atoms with Crippen molar-refractivity contribution in [3.63, 3.8) is 0 Å². The Hall–Kier alpha value is -1.59. The van der Waals surface area contributed by atoms with Gasteiger partial charge in [-0.2, -0.15) is 0 Å². The fourth-order valence-corrected chi connectivity index (χ4v) is 6.01. The SMILES string of the molecule is COc1ccc(C)c(C23CCN(CC4CC4)C(C)C2(O)CC(C)(C)NC(=O)C3)c1. The predicted molar refractivity (Wildman–Crippen MR) is 114 cm³/mol. The Morgan fingerprint density at radius 2 is 2.03 bits per heavy atom. The summed E-state index contributed by atoms with van der Waals surface area (Å²) in [5, 5.41) is 15.7. The molecule has 1 aromatic carbocycles. The number of hydrogen-bond acceptors (Lipinski definition) is 4. The molecule has 5 heteroatoms. The molecule has 3 fully saturated rings. The predicted octanol–water partition coefficient (Wildman–Crippen LogP) is 3.17. The van der Waals surface area contributed by atoms with Gasteiger partial charge in [0.2, 0.25) is 5.91 Å². The maximum absolute atomic E-state index is 13.0. The molecule has 3 unspecified atom stereocenters. The summed E-state index contributed by atoms with van der Waals surface area (Å²) in [7, 11) is 1.67. The fraction of sp³-hybridized carbons (Fsp3) is 0.708.